The van der Waals surface area contributed by atoms with Crippen molar-refractivity contribution in [1.29, 1.82) is 0 Å². The molecule has 1 unspecified atom stereocenters. The van der Waals surface area contributed by atoms with E-state index >= 15 is 0 Å². The molecular weight excluding hydrogens is 706 g/mol. The van der Waals surface area contributed by atoms with Crippen molar-refractivity contribution in [3.8, 4) is 5.75 Å². The minimum atomic E-state index is -1.27. The first kappa shape index (κ1) is 37.3. The van der Waals surface area contributed by atoms with Crippen LogP contribution in [-0.2, 0) is 28.7 Å². The van der Waals surface area contributed by atoms with Gasteiger partial charge in [-0.1, -0.05) is 58.4 Å². The van der Waals surface area contributed by atoms with Gasteiger partial charge in [-0.2, -0.15) is 0 Å². The van der Waals surface area contributed by atoms with Crippen LogP contribution in [0.25, 0.3) is 0 Å². The van der Waals surface area contributed by atoms with E-state index in [2.05, 4.69) is 34.4 Å². The zero-order valence-electron chi connectivity index (χ0n) is 28.4. The van der Waals surface area contributed by atoms with E-state index in [1.807, 2.05) is 30.3 Å². The van der Waals surface area contributed by atoms with Crippen molar-refractivity contribution in [2.24, 2.45) is 11.8 Å². The fraction of sp³-hybridized carbons (Fsp3) is 0.474. The molecule has 0 saturated carbocycles. The third kappa shape index (κ3) is 7.52. The van der Waals surface area contributed by atoms with E-state index in [4.69, 9.17) is 14.2 Å². The normalized spacial score (nSPS) is 25.5. The lowest BCUT2D eigenvalue weighted by atomic mass is 9.70. The number of amides is 3. The molecule has 0 radical (unpaired) electrons. The Kier molecular flexibility index (Phi) is 12.5. The summed E-state index contributed by atoms with van der Waals surface area (Å²) >= 11 is 3.74. The number of anilines is 1. The molecule has 3 amide bonds. The molecule has 0 aliphatic carbocycles. The second-order valence-electron chi connectivity index (χ2n) is 12.9. The van der Waals surface area contributed by atoms with Gasteiger partial charge in [0.05, 0.1) is 31.1 Å². The van der Waals surface area contributed by atoms with Gasteiger partial charge >= 0.3 is 5.97 Å². The average molecular weight is 753 g/mol. The number of esters is 1. The zero-order valence-corrected chi connectivity index (χ0v) is 30.0. The number of carbonyl (C=O) groups excluding carboxylic acids is 4. The predicted octanol–water partition coefficient (Wildman–Crippen LogP) is 4.49. The van der Waals surface area contributed by atoms with Crippen LogP contribution in [0.4, 0.5) is 5.69 Å². The SMILES string of the molecule is C=CCCC(=O)OC[C@H](NC(=O)[C@H]1[C@@H]2O[C@@]3(CC2Br)[C@@H]1C(=O)N(CCCCCO)[C@@H]3C(=O)N(CC=C)c1ccc(OC)cc1)c1ccccc1. The Morgan fingerprint density at radius 3 is 2.52 bits per heavy atom. The first-order valence-corrected chi connectivity index (χ1v) is 18.0. The molecule has 0 aromatic heterocycles. The van der Waals surface area contributed by atoms with Crippen molar-refractivity contribution in [3.63, 3.8) is 0 Å². The van der Waals surface area contributed by atoms with Crippen molar-refractivity contribution in [2.45, 2.75) is 67.1 Å². The average Bonchev–Trinajstić information content (AvgIpc) is 3.73. The van der Waals surface area contributed by atoms with Crippen molar-refractivity contribution < 1.29 is 38.5 Å². The zero-order chi connectivity index (χ0) is 35.8. The second kappa shape index (κ2) is 16.8. The van der Waals surface area contributed by atoms with Crippen LogP contribution in [0.15, 0.2) is 79.9 Å². The molecule has 2 bridgehead atoms. The number of fused-ring (bicyclic) bond motifs is 1. The number of hydrogen-bond acceptors (Lipinski definition) is 8. The highest BCUT2D eigenvalue weighted by molar-refractivity contribution is 9.09. The maximum atomic E-state index is 14.8. The first-order valence-electron chi connectivity index (χ1n) is 17.1. The summed E-state index contributed by atoms with van der Waals surface area (Å²) in [5.41, 5.74) is 0.0771. The number of aliphatic hydroxyl groups excluding tert-OH is 1. The number of aliphatic hydroxyl groups is 1. The molecule has 3 fully saturated rings. The number of nitrogens with one attached hydrogen (secondary N) is 1. The van der Waals surface area contributed by atoms with Crippen LogP contribution in [0.3, 0.4) is 0 Å². The molecule has 12 heteroatoms. The van der Waals surface area contributed by atoms with E-state index in [-0.39, 0.29) is 49.4 Å². The first-order chi connectivity index (χ1) is 24.2. The van der Waals surface area contributed by atoms with Crippen LogP contribution < -0.4 is 15.0 Å². The lowest BCUT2D eigenvalue weighted by Gasteiger charge is -2.37. The van der Waals surface area contributed by atoms with Crippen LogP contribution in [-0.4, -0.2) is 89.7 Å². The number of allylic oxidation sites excluding steroid dienone is 1. The third-order valence-electron chi connectivity index (χ3n) is 9.83. The number of benzene rings is 2. The molecule has 3 saturated heterocycles. The molecule has 11 nitrogen and oxygen atoms in total. The van der Waals surface area contributed by atoms with Gasteiger partial charge in [0, 0.05) is 36.6 Å². The number of carbonyl (C=O) groups is 4. The lowest BCUT2D eigenvalue weighted by molar-refractivity contribution is -0.145. The van der Waals surface area contributed by atoms with Crippen LogP contribution in [0.1, 0.15) is 50.1 Å². The van der Waals surface area contributed by atoms with E-state index in [1.54, 1.807) is 53.3 Å². The van der Waals surface area contributed by atoms with E-state index in [1.165, 1.54) is 0 Å². The van der Waals surface area contributed by atoms with Crippen molar-refractivity contribution in [2.75, 3.05) is 38.3 Å². The quantitative estimate of drug-likeness (QED) is 0.0986. The highest BCUT2D eigenvalue weighted by Crippen LogP contribution is 2.60. The van der Waals surface area contributed by atoms with E-state index in [9.17, 15) is 24.3 Å². The summed E-state index contributed by atoms with van der Waals surface area (Å²) in [5, 5.41) is 12.5. The van der Waals surface area contributed by atoms with Crippen molar-refractivity contribution in [1.82, 2.24) is 10.2 Å². The van der Waals surface area contributed by atoms with Gasteiger partial charge in [0.15, 0.2) is 0 Å². The van der Waals surface area contributed by atoms with E-state index in [0.717, 1.165) is 5.56 Å². The molecule has 7 atom stereocenters. The Bertz CT molecular complexity index is 1540. The standard InChI is InChI=1S/C38H46BrN3O8/c1-4-6-15-30(44)49-24-29(25-13-9-7-10-14-25)40-35(45)31-32-36(46)42(21-11-8-12-22-43)34(38(32)23-28(39)33(31)50-38)37(47)41(20-5-2)26-16-18-27(48-3)19-17-26/h4-5,7,9-10,13-14,16-19,28-29,31-34,43H,1-2,6,8,11-12,15,20-24H2,3H3,(H,40,45)/t28?,29-,31+,32-,33+,34+,38-/m0/s1. The van der Waals surface area contributed by atoms with Crippen molar-refractivity contribution >= 4 is 45.3 Å². The van der Waals surface area contributed by atoms with Gasteiger partial charge < -0.3 is 34.4 Å². The van der Waals surface area contributed by atoms with Crippen LogP contribution >= 0.6 is 15.9 Å². The second-order valence-corrected chi connectivity index (χ2v) is 14.1. The van der Waals surface area contributed by atoms with Gasteiger partial charge in [-0.25, -0.2) is 0 Å². The maximum Gasteiger partial charge on any atom is 0.306 e. The maximum absolute atomic E-state index is 14.8. The Balaban J connectivity index is 1.47. The van der Waals surface area contributed by atoms with E-state index < -0.39 is 47.5 Å². The van der Waals surface area contributed by atoms with Crippen molar-refractivity contribution in [3.05, 3.63) is 85.5 Å². The summed E-state index contributed by atoms with van der Waals surface area (Å²) in [6, 6.07) is 14.6. The number of hydrogen-bond donors (Lipinski definition) is 2. The largest absolute Gasteiger partial charge is 0.497 e. The highest BCUT2D eigenvalue weighted by Gasteiger charge is 2.76. The molecule has 3 heterocycles. The molecule has 2 N–H and O–H groups in total. The summed E-state index contributed by atoms with van der Waals surface area (Å²) in [6.07, 6.45) is 5.39. The fourth-order valence-corrected chi connectivity index (χ4v) is 8.47. The van der Waals surface area contributed by atoms with Gasteiger partial charge in [-0.3, -0.25) is 19.2 Å². The van der Waals surface area contributed by atoms with Gasteiger partial charge in [-0.15, -0.1) is 13.2 Å². The Morgan fingerprint density at radius 1 is 1.12 bits per heavy atom. The van der Waals surface area contributed by atoms with Gasteiger partial charge in [0.1, 0.15) is 24.0 Å². The lowest BCUT2D eigenvalue weighted by Crippen LogP contribution is -2.57. The summed E-state index contributed by atoms with van der Waals surface area (Å²) in [6.45, 7) is 7.90. The van der Waals surface area contributed by atoms with Crippen LogP contribution in [0.2, 0.25) is 0 Å². The summed E-state index contributed by atoms with van der Waals surface area (Å²) in [5.74, 6) is -2.65. The van der Waals surface area contributed by atoms with Gasteiger partial charge in [0.25, 0.3) is 5.91 Å². The van der Waals surface area contributed by atoms with Gasteiger partial charge in [-0.05, 0) is 61.9 Å². The number of ether oxygens (including phenoxy) is 3. The van der Waals surface area contributed by atoms with E-state index in [0.29, 0.717) is 43.5 Å². The number of nitrogens with zero attached hydrogens (tertiary/aromatic N) is 2. The summed E-state index contributed by atoms with van der Waals surface area (Å²) in [7, 11) is 1.57. The number of likely N-dealkylation sites (tertiary alicyclic amines) is 1. The molecule has 50 heavy (non-hydrogen) atoms. The molecule has 3 aliphatic rings. The Hall–Kier alpha value is -4.00. The molecule has 3 aliphatic heterocycles. The number of halogens is 1. The predicted molar refractivity (Wildman–Crippen MR) is 192 cm³/mol. The molecule has 2 aromatic carbocycles. The minimum absolute atomic E-state index is 0.0257. The monoisotopic (exact) mass is 751 g/mol. The summed E-state index contributed by atoms with van der Waals surface area (Å²) in [4.78, 5) is 59.0. The van der Waals surface area contributed by atoms with Crippen LogP contribution in [0, 0.1) is 11.8 Å². The van der Waals surface area contributed by atoms with Gasteiger partial charge in [0.2, 0.25) is 11.8 Å². The smallest absolute Gasteiger partial charge is 0.306 e. The fourth-order valence-electron chi connectivity index (χ4n) is 7.52. The molecule has 5 rings (SSSR count). The number of methoxy groups -OCH3 is 1. The Labute approximate surface area is 301 Å². The number of rotatable bonds is 18. The molecule has 2 aromatic rings. The highest BCUT2D eigenvalue weighted by atomic mass is 79.9. The third-order valence-corrected chi connectivity index (χ3v) is 10.7. The number of unbranched alkanes of at least 4 members (excludes halogenated alkanes) is 2. The molecule has 1 spiro atoms. The molecule has 268 valence electrons. The Morgan fingerprint density at radius 2 is 1.86 bits per heavy atom. The topological polar surface area (TPSA) is 135 Å². The number of alkyl halides is 1. The van der Waals surface area contributed by atoms with Crippen LogP contribution in [0.5, 0.6) is 5.75 Å². The summed E-state index contributed by atoms with van der Waals surface area (Å²) < 4.78 is 17.6. The minimum Gasteiger partial charge on any atom is -0.497 e. The molecular formula is C38H46BrN3O8.